The number of thioether (sulfide) groups is 1. The molecule has 0 bridgehead atoms. The van der Waals surface area contributed by atoms with Crippen molar-refractivity contribution in [2.45, 2.75) is 32.7 Å². The molecule has 15 heavy (non-hydrogen) atoms. The van der Waals surface area contributed by atoms with Crippen molar-refractivity contribution in [2.75, 3.05) is 24.6 Å². The lowest BCUT2D eigenvalue weighted by Gasteiger charge is -2.36. The molecule has 2 atom stereocenters. The molecule has 0 saturated carbocycles. The first kappa shape index (κ1) is 12.8. The predicted octanol–water partition coefficient (Wildman–Crippen LogP) is 1.92. The molecule has 1 rings (SSSR count). The van der Waals surface area contributed by atoms with Gasteiger partial charge >= 0.3 is 5.97 Å². The lowest BCUT2D eigenvalue weighted by atomic mass is 10.1. The molecule has 0 amide bonds. The van der Waals surface area contributed by atoms with Crippen LogP contribution in [0.2, 0.25) is 0 Å². The molecule has 88 valence electrons. The summed E-state index contributed by atoms with van der Waals surface area (Å²) in [5, 5.41) is 8.84. The first-order valence-corrected chi connectivity index (χ1v) is 6.82. The van der Waals surface area contributed by atoms with Crippen LogP contribution in [-0.2, 0) is 4.79 Å². The fourth-order valence-corrected chi connectivity index (χ4v) is 2.98. The third-order valence-corrected chi connectivity index (χ3v) is 4.09. The molecule has 1 N–H and O–H groups in total. The highest BCUT2D eigenvalue weighted by molar-refractivity contribution is 7.99. The molecular weight excluding hydrogens is 210 g/mol. The molecule has 0 aromatic carbocycles. The van der Waals surface area contributed by atoms with Gasteiger partial charge in [0.1, 0.15) is 0 Å². The molecule has 2 unspecified atom stereocenters. The third-order valence-electron chi connectivity index (χ3n) is 3.00. The Bertz CT molecular complexity index is 211. The van der Waals surface area contributed by atoms with E-state index in [-0.39, 0.29) is 6.04 Å². The van der Waals surface area contributed by atoms with Crippen LogP contribution < -0.4 is 0 Å². The van der Waals surface area contributed by atoms with Gasteiger partial charge in [-0.15, -0.1) is 0 Å². The van der Waals surface area contributed by atoms with Crippen molar-refractivity contribution >= 4 is 17.7 Å². The van der Waals surface area contributed by atoms with Crippen molar-refractivity contribution in [1.29, 1.82) is 0 Å². The summed E-state index contributed by atoms with van der Waals surface area (Å²) in [6.45, 7) is 6.52. The van der Waals surface area contributed by atoms with E-state index in [0.717, 1.165) is 24.6 Å². The summed E-state index contributed by atoms with van der Waals surface area (Å²) >= 11 is 1.88. The molecule has 0 aromatic rings. The molecule has 1 aliphatic heterocycles. The minimum absolute atomic E-state index is 0.246. The minimum atomic E-state index is -0.670. The molecule has 0 aromatic heterocycles. The summed E-state index contributed by atoms with van der Waals surface area (Å²) in [6.07, 6.45) is 1.47. The SMILES string of the molecule is CCC(C)CN1CCSCC1CC(=O)O. The molecule has 1 fully saturated rings. The number of aliphatic carboxylic acids is 1. The van der Waals surface area contributed by atoms with Crippen LogP contribution in [-0.4, -0.2) is 46.6 Å². The fraction of sp³-hybridized carbons (Fsp3) is 0.909. The predicted molar refractivity (Wildman–Crippen MR) is 64.4 cm³/mol. The van der Waals surface area contributed by atoms with E-state index in [0.29, 0.717) is 12.3 Å². The van der Waals surface area contributed by atoms with Gasteiger partial charge < -0.3 is 5.11 Å². The van der Waals surface area contributed by atoms with Crippen LogP contribution in [0.15, 0.2) is 0 Å². The highest BCUT2D eigenvalue weighted by Gasteiger charge is 2.25. The van der Waals surface area contributed by atoms with E-state index in [1.165, 1.54) is 6.42 Å². The minimum Gasteiger partial charge on any atom is -0.481 e. The van der Waals surface area contributed by atoms with Gasteiger partial charge in [-0.3, -0.25) is 9.69 Å². The second-order valence-electron chi connectivity index (χ2n) is 4.33. The van der Waals surface area contributed by atoms with Crippen LogP contribution in [0.25, 0.3) is 0 Å². The van der Waals surface area contributed by atoms with E-state index in [2.05, 4.69) is 18.7 Å². The molecule has 0 aliphatic carbocycles. The Morgan fingerprint density at radius 1 is 1.67 bits per heavy atom. The van der Waals surface area contributed by atoms with Gasteiger partial charge in [0.25, 0.3) is 0 Å². The largest absolute Gasteiger partial charge is 0.481 e. The van der Waals surface area contributed by atoms with Gasteiger partial charge in [-0.25, -0.2) is 0 Å². The van der Waals surface area contributed by atoms with Gasteiger partial charge in [0.2, 0.25) is 0 Å². The van der Waals surface area contributed by atoms with Crippen LogP contribution in [0.5, 0.6) is 0 Å². The summed E-state index contributed by atoms with van der Waals surface area (Å²) in [4.78, 5) is 13.1. The van der Waals surface area contributed by atoms with E-state index in [1.54, 1.807) is 0 Å². The zero-order chi connectivity index (χ0) is 11.3. The molecular formula is C11H21NO2S. The van der Waals surface area contributed by atoms with Crippen molar-refractivity contribution in [3.05, 3.63) is 0 Å². The van der Waals surface area contributed by atoms with Gasteiger partial charge in [-0.2, -0.15) is 11.8 Å². The summed E-state index contributed by atoms with van der Waals surface area (Å²) in [5.74, 6) is 2.12. The summed E-state index contributed by atoms with van der Waals surface area (Å²) in [7, 11) is 0. The fourth-order valence-electron chi connectivity index (χ4n) is 1.85. The van der Waals surface area contributed by atoms with Crippen molar-refractivity contribution in [2.24, 2.45) is 5.92 Å². The van der Waals surface area contributed by atoms with E-state index in [1.807, 2.05) is 11.8 Å². The Hall–Kier alpha value is -0.220. The van der Waals surface area contributed by atoms with Crippen LogP contribution >= 0.6 is 11.8 Å². The Kier molecular flexibility index (Phi) is 5.47. The number of nitrogens with zero attached hydrogens (tertiary/aromatic N) is 1. The number of carboxylic acid groups (broad SMARTS) is 1. The zero-order valence-corrected chi connectivity index (χ0v) is 10.4. The monoisotopic (exact) mass is 231 g/mol. The first-order chi connectivity index (χ1) is 7.13. The topological polar surface area (TPSA) is 40.5 Å². The van der Waals surface area contributed by atoms with E-state index >= 15 is 0 Å². The van der Waals surface area contributed by atoms with Gasteiger partial charge in [-0.1, -0.05) is 20.3 Å². The van der Waals surface area contributed by atoms with Gasteiger partial charge in [0, 0.05) is 30.6 Å². The van der Waals surface area contributed by atoms with Crippen molar-refractivity contribution in [1.82, 2.24) is 4.90 Å². The average molecular weight is 231 g/mol. The Morgan fingerprint density at radius 3 is 3.00 bits per heavy atom. The number of hydrogen-bond acceptors (Lipinski definition) is 3. The average Bonchev–Trinajstić information content (AvgIpc) is 2.20. The normalized spacial score (nSPS) is 25.1. The van der Waals surface area contributed by atoms with Crippen LogP contribution in [0, 0.1) is 5.92 Å². The second-order valence-corrected chi connectivity index (χ2v) is 5.48. The third kappa shape index (κ3) is 4.43. The summed E-state index contributed by atoms with van der Waals surface area (Å²) in [5.41, 5.74) is 0. The van der Waals surface area contributed by atoms with Crippen molar-refractivity contribution in [3.63, 3.8) is 0 Å². The smallest absolute Gasteiger partial charge is 0.304 e. The second kappa shape index (κ2) is 6.38. The Balaban J connectivity index is 2.45. The van der Waals surface area contributed by atoms with Gasteiger partial charge in [0.05, 0.1) is 6.42 Å². The maximum atomic E-state index is 10.7. The lowest BCUT2D eigenvalue weighted by Crippen LogP contribution is -2.45. The first-order valence-electron chi connectivity index (χ1n) is 5.67. The van der Waals surface area contributed by atoms with Crippen LogP contribution in [0.1, 0.15) is 26.7 Å². The van der Waals surface area contributed by atoms with Crippen LogP contribution in [0.3, 0.4) is 0 Å². The lowest BCUT2D eigenvalue weighted by molar-refractivity contribution is -0.138. The molecule has 0 radical (unpaired) electrons. The number of carbonyl (C=O) groups is 1. The summed E-state index contributed by atoms with van der Waals surface area (Å²) in [6, 6.07) is 0.246. The highest BCUT2D eigenvalue weighted by Crippen LogP contribution is 2.20. The van der Waals surface area contributed by atoms with Crippen LogP contribution in [0.4, 0.5) is 0 Å². The maximum absolute atomic E-state index is 10.7. The molecule has 1 aliphatic rings. The molecule has 1 saturated heterocycles. The van der Waals surface area contributed by atoms with Gasteiger partial charge in [0.15, 0.2) is 0 Å². The van der Waals surface area contributed by atoms with Gasteiger partial charge in [-0.05, 0) is 5.92 Å². The Morgan fingerprint density at radius 2 is 2.40 bits per heavy atom. The molecule has 4 heteroatoms. The quantitative estimate of drug-likeness (QED) is 0.785. The highest BCUT2D eigenvalue weighted by atomic mass is 32.2. The molecule has 3 nitrogen and oxygen atoms in total. The van der Waals surface area contributed by atoms with Crippen molar-refractivity contribution < 1.29 is 9.90 Å². The van der Waals surface area contributed by atoms with Crippen molar-refractivity contribution in [3.8, 4) is 0 Å². The number of rotatable bonds is 5. The zero-order valence-electron chi connectivity index (χ0n) is 9.61. The Labute approximate surface area is 96.2 Å². The van der Waals surface area contributed by atoms with E-state index in [4.69, 9.17) is 5.11 Å². The molecule has 0 spiro atoms. The molecule has 1 heterocycles. The number of carboxylic acids is 1. The maximum Gasteiger partial charge on any atom is 0.304 e. The standard InChI is InChI=1S/C11H21NO2S/c1-3-9(2)7-12-4-5-15-8-10(12)6-11(13)14/h9-10H,3-8H2,1-2H3,(H,13,14). The number of hydrogen-bond donors (Lipinski definition) is 1. The summed E-state index contributed by atoms with van der Waals surface area (Å²) < 4.78 is 0. The van der Waals surface area contributed by atoms with E-state index in [9.17, 15) is 4.79 Å². The van der Waals surface area contributed by atoms with E-state index < -0.39 is 5.97 Å².